The molecule has 1 atom stereocenters. The van der Waals surface area contributed by atoms with Crippen LogP contribution in [0, 0.1) is 0 Å². The fourth-order valence-corrected chi connectivity index (χ4v) is 2.96. The van der Waals surface area contributed by atoms with Gasteiger partial charge in [-0.3, -0.25) is 14.3 Å². The van der Waals surface area contributed by atoms with E-state index >= 15 is 0 Å². The Labute approximate surface area is 140 Å². The molecule has 1 unspecified atom stereocenters. The second-order valence-electron chi connectivity index (χ2n) is 5.89. The van der Waals surface area contributed by atoms with Crippen LogP contribution in [0.15, 0.2) is 43.1 Å². The van der Waals surface area contributed by atoms with Crippen LogP contribution in [-0.2, 0) is 18.3 Å². The molecule has 6 heteroatoms. The number of aromatic nitrogens is 2. The van der Waals surface area contributed by atoms with Crippen LogP contribution in [0.5, 0.6) is 0 Å². The number of nitrogens with zero attached hydrogens (tertiary/aromatic N) is 2. The molecule has 24 heavy (non-hydrogen) atoms. The molecule has 124 valence electrons. The molecule has 3 rings (SSSR count). The standard InChI is InChI=1S/C18H20N4O2/c1-3-17(23)19-13-9-7-12(8-10-13)18(24)20-15-5-4-6-16-14(15)11-22(2)21-16/h3,7-11,15H,1,4-6H2,2H3,(H,19,23)(H,20,24). The van der Waals surface area contributed by atoms with E-state index in [0.717, 1.165) is 30.5 Å². The van der Waals surface area contributed by atoms with E-state index in [-0.39, 0.29) is 17.9 Å². The molecule has 0 saturated heterocycles. The molecule has 1 aliphatic rings. The largest absolute Gasteiger partial charge is 0.345 e. The van der Waals surface area contributed by atoms with Gasteiger partial charge in [-0.25, -0.2) is 0 Å². The highest BCUT2D eigenvalue weighted by Gasteiger charge is 2.24. The first-order valence-corrected chi connectivity index (χ1v) is 7.93. The lowest BCUT2D eigenvalue weighted by Crippen LogP contribution is -2.30. The van der Waals surface area contributed by atoms with Crippen molar-refractivity contribution in [1.82, 2.24) is 15.1 Å². The van der Waals surface area contributed by atoms with Crippen LogP contribution in [0.3, 0.4) is 0 Å². The summed E-state index contributed by atoms with van der Waals surface area (Å²) in [6, 6.07) is 6.79. The molecule has 0 bridgehead atoms. The highest BCUT2D eigenvalue weighted by atomic mass is 16.2. The quantitative estimate of drug-likeness (QED) is 0.848. The first-order valence-electron chi connectivity index (χ1n) is 7.93. The van der Waals surface area contributed by atoms with Crippen LogP contribution in [0.4, 0.5) is 5.69 Å². The van der Waals surface area contributed by atoms with Crippen molar-refractivity contribution < 1.29 is 9.59 Å². The van der Waals surface area contributed by atoms with Crippen LogP contribution in [-0.4, -0.2) is 21.6 Å². The molecule has 0 fully saturated rings. The average Bonchev–Trinajstić information content (AvgIpc) is 2.96. The van der Waals surface area contributed by atoms with Gasteiger partial charge in [0.15, 0.2) is 0 Å². The Morgan fingerprint density at radius 2 is 2.08 bits per heavy atom. The van der Waals surface area contributed by atoms with Crippen LogP contribution in [0.2, 0.25) is 0 Å². The average molecular weight is 324 g/mol. The summed E-state index contributed by atoms with van der Waals surface area (Å²) in [5.74, 6) is -0.406. The fourth-order valence-electron chi connectivity index (χ4n) is 2.96. The summed E-state index contributed by atoms with van der Waals surface area (Å²) in [5.41, 5.74) is 3.36. The van der Waals surface area contributed by atoms with Crippen molar-refractivity contribution in [2.75, 3.05) is 5.32 Å². The second-order valence-corrected chi connectivity index (χ2v) is 5.89. The summed E-state index contributed by atoms with van der Waals surface area (Å²) in [5, 5.41) is 10.2. The number of carbonyl (C=O) groups is 2. The maximum atomic E-state index is 12.5. The van der Waals surface area contributed by atoms with Gasteiger partial charge in [-0.15, -0.1) is 0 Å². The molecular formula is C18H20N4O2. The van der Waals surface area contributed by atoms with Gasteiger partial charge < -0.3 is 10.6 Å². The topological polar surface area (TPSA) is 76.0 Å². The molecular weight excluding hydrogens is 304 g/mol. The molecule has 1 aliphatic carbocycles. The molecule has 2 amide bonds. The van der Waals surface area contributed by atoms with Gasteiger partial charge in [-0.05, 0) is 49.6 Å². The van der Waals surface area contributed by atoms with Crippen molar-refractivity contribution in [3.8, 4) is 0 Å². The number of amides is 2. The molecule has 1 aromatic carbocycles. The summed E-state index contributed by atoms with van der Waals surface area (Å²) in [6.45, 7) is 3.40. The molecule has 0 aliphatic heterocycles. The first-order chi connectivity index (χ1) is 11.6. The van der Waals surface area contributed by atoms with Gasteiger partial charge >= 0.3 is 0 Å². The lowest BCUT2D eigenvalue weighted by molar-refractivity contribution is -0.111. The number of carbonyl (C=O) groups excluding carboxylic acids is 2. The van der Waals surface area contributed by atoms with Gasteiger partial charge in [0, 0.05) is 30.1 Å². The second kappa shape index (κ2) is 6.70. The molecule has 1 heterocycles. The summed E-state index contributed by atoms with van der Waals surface area (Å²) in [7, 11) is 1.90. The highest BCUT2D eigenvalue weighted by Crippen LogP contribution is 2.28. The van der Waals surface area contributed by atoms with E-state index < -0.39 is 0 Å². The normalized spacial score (nSPS) is 16.1. The number of hydrogen-bond donors (Lipinski definition) is 2. The van der Waals surface area contributed by atoms with Crippen molar-refractivity contribution in [2.24, 2.45) is 7.05 Å². The number of anilines is 1. The zero-order chi connectivity index (χ0) is 17.1. The Morgan fingerprint density at radius 3 is 2.79 bits per heavy atom. The van der Waals surface area contributed by atoms with Crippen LogP contribution < -0.4 is 10.6 Å². The van der Waals surface area contributed by atoms with Gasteiger partial charge in [0.2, 0.25) is 5.91 Å². The monoisotopic (exact) mass is 324 g/mol. The maximum absolute atomic E-state index is 12.5. The number of fused-ring (bicyclic) bond motifs is 1. The molecule has 2 aromatic rings. The van der Waals surface area contributed by atoms with Gasteiger partial charge in [0.1, 0.15) is 0 Å². The summed E-state index contributed by atoms with van der Waals surface area (Å²) in [4.78, 5) is 23.7. The van der Waals surface area contributed by atoms with Crippen LogP contribution >= 0.6 is 0 Å². The van der Waals surface area contributed by atoms with E-state index in [1.165, 1.54) is 6.08 Å². The van der Waals surface area contributed by atoms with Gasteiger partial charge in [-0.2, -0.15) is 5.10 Å². The Kier molecular flexibility index (Phi) is 4.46. The van der Waals surface area contributed by atoms with E-state index in [1.807, 2.05) is 13.2 Å². The number of aryl methyl sites for hydroxylation is 2. The van der Waals surface area contributed by atoms with Crippen molar-refractivity contribution in [3.63, 3.8) is 0 Å². The van der Waals surface area contributed by atoms with Gasteiger partial charge in [0.05, 0.1) is 11.7 Å². The SMILES string of the molecule is C=CC(=O)Nc1ccc(C(=O)NC2CCCc3nn(C)cc32)cc1. The summed E-state index contributed by atoms with van der Waals surface area (Å²) < 4.78 is 1.80. The van der Waals surface area contributed by atoms with Gasteiger partial charge in [-0.1, -0.05) is 6.58 Å². The van der Waals surface area contributed by atoms with Crippen molar-refractivity contribution in [1.29, 1.82) is 0 Å². The van der Waals surface area contributed by atoms with E-state index in [2.05, 4.69) is 22.3 Å². The van der Waals surface area contributed by atoms with Crippen molar-refractivity contribution >= 4 is 17.5 Å². The number of hydrogen-bond acceptors (Lipinski definition) is 3. The van der Waals surface area contributed by atoms with E-state index in [1.54, 1.807) is 28.9 Å². The van der Waals surface area contributed by atoms with Crippen molar-refractivity contribution in [2.45, 2.75) is 25.3 Å². The summed E-state index contributed by atoms with van der Waals surface area (Å²) in [6.07, 6.45) is 6.07. The zero-order valence-electron chi connectivity index (χ0n) is 13.6. The van der Waals surface area contributed by atoms with Crippen LogP contribution in [0.25, 0.3) is 0 Å². The summed E-state index contributed by atoms with van der Waals surface area (Å²) >= 11 is 0. The third-order valence-corrected chi connectivity index (χ3v) is 4.12. The Balaban J connectivity index is 1.69. The minimum absolute atomic E-state index is 0.00454. The predicted molar refractivity (Wildman–Crippen MR) is 91.6 cm³/mol. The number of nitrogens with one attached hydrogen (secondary N) is 2. The van der Waals surface area contributed by atoms with E-state index in [9.17, 15) is 9.59 Å². The third kappa shape index (κ3) is 3.37. The van der Waals surface area contributed by atoms with Gasteiger partial charge in [0.25, 0.3) is 5.91 Å². The predicted octanol–water partition coefficient (Wildman–Crippen LogP) is 2.35. The molecule has 0 spiro atoms. The minimum atomic E-state index is -0.279. The van der Waals surface area contributed by atoms with E-state index in [0.29, 0.717) is 11.3 Å². The van der Waals surface area contributed by atoms with Crippen molar-refractivity contribution in [3.05, 3.63) is 59.9 Å². The molecule has 1 aromatic heterocycles. The zero-order valence-corrected chi connectivity index (χ0v) is 13.6. The lowest BCUT2D eigenvalue weighted by Gasteiger charge is -2.22. The highest BCUT2D eigenvalue weighted by molar-refractivity contribution is 5.99. The van der Waals surface area contributed by atoms with Crippen LogP contribution in [0.1, 0.15) is 40.5 Å². The maximum Gasteiger partial charge on any atom is 0.251 e. The molecule has 6 nitrogen and oxygen atoms in total. The fraction of sp³-hybridized carbons (Fsp3) is 0.278. The molecule has 0 saturated carbocycles. The Morgan fingerprint density at radius 1 is 1.33 bits per heavy atom. The number of rotatable bonds is 4. The smallest absolute Gasteiger partial charge is 0.251 e. The van der Waals surface area contributed by atoms with E-state index in [4.69, 9.17) is 0 Å². The minimum Gasteiger partial charge on any atom is -0.345 e. The molecule has 0 radical (unpaired) electrons. The lowest BCUT2D eigenvalue weighted by atomic mass is 9.93. The first kappa shape index (κ1) is 16.0. The third-order valence-electron chi connectivity index (χ3n) is 4.12. The number of benzene rings is 1. The Bertz CT molecular complexity index is 777. The Hall–Kier alpha value is -2.89. The molecule has 2 N–H and O–H groups in total.